The van der Waals surface area contributed by atoms with Crippen LogP contribution in [0.5, 0.6) is 0 Å². The molecule has 142 valence electrons. The van der Waals surface area contributed by atoms with Crippen molar-refractivity contribution < 1.29 is 14.6 Å². The van der Waals surface area contributed by atoms with E-state index in [2.05, 4.69) is 42.0 Å². The maximum absolute atomic E-state index is 11.8. The first-order chi connectivity index (χ1) is 12.2. The van der Waals surface area contributed by atoms with Gasteiger partial charge in [0.1, 0.15) is 0 Å². The van der Waals surface area contributed by atoms with Crippen molar-refractivity contribution in [2.45, 2.75) is 52.5 Å². The van der Waals surface area contributed by atoms with E-state index in [1.165, 1.54) is 10.6 Å². The fraction of sp³-hybridized carbons (Fsp3) is 0.684. The number of carboxylic acids is 1. The van der Waals surface area contributed by atoms with Gasteiger partial charge in [0.2, 0.25) is 0 Å². The third kappa shape index (κ3) is 2.96. The van der Waals surface area contributed by atoms with Gasteiger partial charge in [-0.15, -0.1) is 11.3 Å². The number of aromatic nitrogens is 2. The van der Waals surface area contributed by atoms with Gasteiger partial charge in [-0.25, -0.2) is 9.78 Å². The lowest BCUT2D eigenvalue weighted by atomic mass is 9.67. The molecule has 0 bridgehead atoms. The lowest BCUT2D eigenvalue weighted by Gasteiger charge is -2.40. The molecule has 7 heteroatoms. The first-order valence-electron chi connectivity index (χ1n) is 9.25. The van der Waals surface area contributed by atoms with Crippen molar-refractivity contribution >= 4 is 22.3 Å². The summed E-state index contributed by atoms with van der Waals surface area (Å²) in [5.74, 6) is -0.938. The SMILES string of the molecule is CC1(C)Cc2c(sc3nc(C(=O)O)c(CN4CCOCC4)n23)C(C)(C)C1. The molecule has 0 saturated carbocycles. The largest absolute Gasteiger partial charge is 0.476 e. The Morgan fingerprint density at radius 3 is 2.62 bits per heavy atom. The molecule has 1 aliphatic carbocycles. The van der Waals surface area contributed by atoms with Crippen LogP contribution in [0.25, 0.3) is 4.96 Å². The molecule has 0 radical (unpaired) electrons. The molecule has 0 atom stereocenters. The van der Waals surface area contributed by atoms with Gasteiger partial charge in [-0.2, -0.15) is 0 Å². The second kappa shape index (κ2) is 6.04. The number of aromatic carboxylic acids is 1. The number of carboxylic acid groups (broad SMARTS) is 1. The van der Waals surface area contributed by atoms with E-state index in [0.29, 0.717) is 19.8 Å². The van der Waals surface area contributed by atoms with Crippen LogP contribution in [0.15, 0.2) is 0 Å². The zero-order chi connectivity index (χ0) is 18.7. The highest BCUT2D eigenvalue weighted by Gasteiger charge is 2.41. The van der Waals surface area contributed by atoms with Crippen molar-refractivity contribution in [1.29, 1.82) is 0 Å². The molecule has 2 aromatic heterocycles. The van der Waals surface area contributed by atoms with Crippen molar-refractivity contribution in [3.63, 3.8) is 0 Å². The van der Waals surface area contributed by atoms with Crippen molar-refractivity contribution in [2.75, 3.05) is 26.3 Å². The van der Waals surface area contributed by atoms with Crippen LogP contribution in [0, 0.1) is 5.41 Å². The topological polar surface area (TPSA) is 67.1 Å². The summed E-state index contributed by atoms with van der Waals surface area (Å²) in [6, 6.07) is 0. The summed E-state index contributed by atoms with van der Waals surface area (Å²) in [7, 11) is 0. The third-order valence-corrected chi connectivity index (χ3v) is 6.98. The van der Waals surface area contributed by atoms with Gasteiger partial charge in [0.15, 0.2) is 10.7 Å². The molecule has 0 amide bonds. The summed E-state index contributed by atoms with van der Waals surface area (Å²) in [6.07, 6.45) is 2.08. The molecule has 2 aromatic rings. The monoisotopic (exact) mass is 377 g/mol. The maximum Gasteiger partial charge on any atom is 0.356 e. The molecule has 0 spiro atoms. The van der Waals surface area contributed by atoms with E-state index in [4.69, 9.17) is 4.74 Å². The Labute approximate surface area is 157 Å². The van der Waals surface area contributed by atoms with E-state index in [0.717, 1.165) is 36.6 Å². The van der Waals surface area contributed by atoms with Gasteiger partial charge in [0.25, 0.3) is 0 Å². The Morgan fingerprint density at radius 1 is 1.27 bits per heavy atom. The number of ether oxygens (including phenoxy) is 1. The Balaban J connectivity index is 1.87. The standard InChI is InChI=1S/C19H27N3O3S/c1-18(2)9-12-15(19(3,4)11-18)26-17-20-14(16(23)24)13(22(12)17)10-21-5-7-25-8-6-21/h5-11H2,1-4H3,(H,23,24). The molecule has 1 aliphatic heterocycles. The van der Waals surface area contributed by atoms with Crippen LogP contribution in [0.3, 0.4) is 0 Å². The second-order valence-corrected chi connectivity index (χ2v) is 9.98. The molecule has 4 rings (SSSR count). The van der Waals surface area contributed by atoms with Crippen LogP contribution >= 0.6 is 11.3 Å². The van der Waals surface area contributed by atoms with Crippen molar-refractivity contribution in [2.24, 2.45) is 5.41 Å². The Morgan fingerprint density at radius 2 is 1.96 bits per heavy atom. The Hall–Kier alpha value is -1.44. The Kier molecular flexibility index (Phi) is 4.17. The lowest BCUT2D eigenvalue weighted by molar-refractivity contribution is 0.0332. The summed E-state index contributed by atoms with van der Waals surface area (Å²) in [4.78, 5) is 20.8. The maximum atomic E-state index is 11.8. The van der Waals surface area contributed by atoms with E-state index < -0.39 is 5.97 Å². The van der Waals surface area contributed by atoms with E-state index in [9.17, 15) is 9.90 Å². The van der Waals surface area contributed by atoms with E-state index in [-0.39, 0.29) is 16.5 Å². The molecule has 0 aromatic carbocycles. The molecule has 6 nitrogen and oxygen atoms in total. The molecule has 3 heterocycles. The van der Waals surface area contributed by atoms with E-state index in [1.807, 2.05) is 0 Å². The number of rotatable bonds is 3. The number of carbonyl (C=O) groups is 1. The summed E-state index contributed by atoms with van der Waals surface area (Å²) in [5.41, 5.74) is 2.55. The highest BCUT2D eigenvalue weighted by atomic mass is 32.1. The predicted octanol–water partition coefficient (Wildman–Crippen LogP) is 3.18. The van der Waals surface area contributed by atoms with Gasteiger partial charge >= 0.3 is 5.97 Å². The molecule has 1 fully saturated rings. The predicted molar refractivity (Wildman–Crippen MR) is 101 cm³/mol. The number of hydrogen-bond acceptors (Lipinski definition) is 5. The van der Waals surface area contributed by atoms with Crippen LogP contribution in [0.4, 0.5) is 0 Å². The normalized spacial score (nSPS) is 22.5. The van der Waals surface area contributed by atoms with Crippen molar-refractivity contribution in [3.05, 3.63) is 22.0 Å². The van der Waals surface area contributed by atoms with E-state index in [1.54, 1.807) is 11.3 Å². The Bertz CT molecular complexity index is 859. The van der Waals surface area contributed by atoms with Crippen LogP contribution in [0.1, 0.15) is 60.9 Å². The number of fused-ring (bicyclic) bond motifs is 3. The number of thiazole rings is 1. The summed E-state index contributed by atoms with van der Waals surface area (Å²) >= 11 is 1.67. The average molecular weight is 378 g/mol. The van der Waals surface area contributed by atoms with Crippen LogP contribution in [-0.4, -0.2) is 51.7 Å². The quantitative estimate of drug-likeness (QED) is 0.890. The van der Waals surface area contributed by atoms with Gasteiger partial charge in [0.05, 0.1) is 18.9 Å². The molecule has 2 aliphatic rings. The summed E-state index contributed by atoms with van der Waals surface area (Å²) < 4.78 is 7.59. The molecular formula is C19H27N3O3S. The minimum Gasteiger partial charge on any atom is -0.476 e. The van der Waals surface area contributed by atoms with Gasteiger partial charge in [-0.05, 0) is 18.3 Å². The van der Waals surface area contributed by atoms with Crippen LogP contribution < -0.4 is 0 Å². The number of morpholine rings is 1. The summed E-state index contributed by atoms with van der Waals surface area (Å²) in [6.45, 7) is 12.9. The van der Waals surface area contributed by atoms with Crippen LogP contribution in [0.2, 0.25) is 0 Å². The van der Waals surface area contributed by atoms with Crippen molar-refractivity contribution in [3.8, 4) is 0 Å². The number of hydrogen-bond donors (Lipinski definition) is 1. The smallest absolute Gasteiger partial charge is 0.356 e. The van der Waals surface area contributed by atoms with Gasteiger partial charge in [-0.3, -0.25) is 9.30 Å². The highest BCUT2D eigenvalue weighted by molar-refractivity contribution is 7.17. The highest BCUT2D eigenvalue weighted by Crippen LogP contribution is 2.49. The minimum atomic E-state index is -0.938. The van der Waals surface area contributed by atoms with Crippen molar-refractivity contribution in [1.82, 2.24) is 14.3 Å². The average Bonchev–Trinajstić information content (AvgIpc) is 3.05. The fourth-order valence-electron chi connectivity index (χ4n) is 4.80. The molecular weight excluding hydrogens is 350 g/mol. The molecule has 1 N–H and O–H groups in total. The van der Waals surface area contributed by atoms with Gasteiger partial charge in [0, 0.05) is 35.6 Å². The van der Waals surface area contributed by atoms with E-state index >= 15 is 0 Å². The van der Waals surface area contributed by atoms with Gasteiger partial charge in [-0.1, -0.05) is 27.7 Å². The molecule has 0 unspecified atom stereocenters. The van der Waals surface area contributed by atoms with Crippen LogP contribution in [-0.2, 0) is 23.1 Å². The summed E-state index contributed by atoms with van der Waals surface area (Å²) in [5, 5.41) is 9.71. The lowest BCUT2D eigenvalue weighted by Crippen LogP contribution is -2.37. The first-order valence-corrected chi connectivity index (χ1v) is 10.1. The molecule has 1 saturated heterocycles. The minimum absolute atomic E-state index is 0.0854. The third-order valence-electron chi connectivity index (χ3n) is 5.53. The zero-order valence-corrected chi connectivity index (χ0v) is 16.8. The zero-order valence-electron chi connectivity index (χ0n) is 16.0. The first kappa shape index (κ1) is 17.9. The molecule has 26 heavy (non-hydrogen) atoms. The number of nitrogens with zero attached hydrogens (tertiary/aromatic N) is 3. The number of imidazole rings is 1. The van der Waals surface area contributed by atoms with Gasteiger partial charge < -0.3 is 9.84 Å². The second-order valence-electron chi connectivity index (χ2n) is 9.00. The fourth-order valence-corrected chi connectivity index (χ4v) is 6.06.